The van der Waals surface area contributed by atoms with Gasteiger partial charge in [0, 0.05) is 17.8 Å². The van der Waals surface area contributed by atoms with E-state index >= 15 is 0 Å². The Morgan fingerprint density at radius 2 is 1.43 bits per heavy atom. The van der Waals surface area contributed by atoms with Crippen molar-refractivity contribution >= 4 is 21.6 Å². The summed E-state index contributed by atoms with van der Waals surface area (Å²) in [7, 11) is -3.54. The highest BCUT2D eigenvalue weighted by Gasteiger charge is 2.21. The van der Waals surface area contributed by atoms with Crippen LogP contribution in [-0.4, -0.2) is 31.4 Å². The van der Waals surface area contributed by atoms with Crippen molar-refractivity contribution in [3.63, 3.8) is 0 Å². The van der Waals surface area contributed by atoms with Gasteiger partial charge in [-0.3, -0.25) is 4.79 Å². The van der Waals surface area contributed by atoms with E-state index in [-0.39, 0.29) is 19.0 Å². The first-order valence-corrected chi connectivity index (χ1v) is 10.7. The standard InChI is InChI=1S/C22H22N2O3S/c1-28(26,27)24(16-18-10-4-2-5-11-18)17-22(25)23-21-15-9-8-14-20(21)19-12-6-3-7-13-19/h2-15H,16-17H2,1H3,(H,23,25). The molecule has 0 fully saturated rings. The molecule has 0 unspecified atom stereocenters. The molecule has 0 bridgehead atoms. The molecule has 3 aromatic carbocycles. The number of anilines is 1. The Kier molecular flexibility index (Phi) is 6.23. The highest BCUT2D eigenvalue weighted by atomic mass is 32.2. The number of amides is 1. The molecule has 0 radical (unpaired) electrons. The smallest absolute Gasteiger partial charge is 0.239 e. The number of carbonyl (C=O) groups excluding carboxylic acids is 1. The van der Waals surface area contributed by atoms with Gasteiger partial charge in [0.1, 0.15) is 0 Å². The van der Waals surface area contributed by atoms with Gasteiger partial charge in [-0.1, -0.05) is 78.9 Å². The van der Waals surface area contributed by atoms with Crippen LogP contribution in [0.25, 0.3) is 11.1 Å². The molecule has 6 heteroatoms. The van der Waals surface area contributed by atoms with Crippen molar-refractivity contribution in [2.24, 2.45) is 0 Å². The Labute approximate surface area is 165 Å². The number of para-hydroxylation sites is 1. The van der Waals surface area contributed by atoms with Crippen LogP contribution in [0.4, 0.5) is 5.69 Å². The zero-order chi connectivity index (χ0) is 20.0. The number of hydrogen-bond donors (Lipinski definition) is 1. The molecule has 0 saturated heterocycles. The normalized spacial score (nSPS) is 11.4. The Morgan fingerprint density at radius 1 is 0.857 bits per heavy atom. The van der Waals surface area contributed by atoms with Crippen LogP contribution in [0, 0.1) is 0 Å². The van der Waals surface area contributed by atoms with Gasteiger partial charge in [0.2, 0.25) is 15.9 Å². The molecule has 3 aromatic rings. The predicted molar refractivity (Wildman–Crippen MR) is 112 cm³/mol. The summed E-state index contributed by atoms with van der Waals surface area (Å²) in [5.74, 6) is -0.385. The molecule has 1 amide bonds. The van der Waals surface area contributed by atoms with Gasteiger partial charge in [-0.25, -0.2) is 8.42 Å². The van der Waals surface area contributed by atoms with E-state index in [2.05, 4.69) is 5.32 Å². The fourth-order valence-corrected chi connectivity index (χ4v) is 3.62. The molecule has 3 rings (SSSR count). The second-order valence-corrected chi connectivity index (χ2v) is 8.46. The summed E-state index contributed by atoms with van der Waals surface area (Å²) in [6.45, 7) is -0.107. The minimum absolute atomic E-state index is 0.146. The lowest BCUT2D eigenvalue weighted by Crippen LogP contribution is -2.36. The molecule has 0 atom stereocenters. The van der Waals surface area contributed by atoms with Crippen molar-refractivity contribution in [1.29, 1.82) is 0 Å². The van der Waals surface area contributed by atoms with Gasteiger partial charge in [0.25, 0.3) is 0 Å². The lowest BCUT2D eigenvalue weighted by molar-refractivity contribution is -0.116. The van der Waals surface area contributed by atoms with Gasteiger partial charge >= 0.3 is 0 Å². The molecule has 28 heavy (non-hydrogen) atoms. The second-order valence-electron chi connectivity index (χ2n) is 6.48. The molecule has 5 nitrogen and oxygen atoms in total. The number of nitrogens with zero attached hydrogens (tertiary/aromatic N) is 1. The number of rotatable bonds is 7. The fourth-order valence-electron chi connectivity index (χ4n) is 2.89. The van der Waals surface area contributed by atoms with Gasteiger partial charge < -0.3 is 5.32 Å². The van der Waals surface area contributed by atoms with Gasteiger partial charge in [0.05, 0.1) is 12.8 Å². The van der Waals surface area contributed by atoms with Crippen LogP contribution in [0.15, 0.2) is 84.9 Å². The zero-order valence-electron chi connectivity index (χ0n) is 15.6. The maximum atomic E-state index is 12.6. The van der Waals surface area contributed by atoms with Crippen molar-refractivity contribution in [1.82, 2.24) is 4.31 Å². The van der Waals surface area contributed by atoms with Crippen LogP contribution in [0.3, 0.4) is 0 Å². The lowest BCUT2D eigenvalue weighted by Gasteiger charge is -2.20. The number of carbonyl (C=O) groups is 1. The molecule has 144 valence electrons. The van der Waals surface area contributed by atoms with Crippen LogP contribution < -0.4 is 5.32 Å². The Morgan fingerprint density at radius 3 is 2.07 bits per heavy atom. The van der Waals surface area contributed by atoms with E-state index in [1.54, 1.807) is 0 Å². The monoisotopic (exact) mass is 394 g/mol. The van der Waals surface area contributed by atoms with E-state index in [1.165, 1.54) is 4.31 Å². The predicted octanol–water partition coefficient (Wildman–Crippen LogP) is 3.75. The molecule has 0 aliphatic rings. The third-order valence-electron chi connectivity index (χ3n) is 4.28. The maximum absolute atomic E-state index is 12.6. The van der Waals surface area contributed by atoms with E-state index in [0.717, 1.165) is 22.9 Å². The minimum Gasteiger partial charge on any atom is -0.324 e. The van der Waals surface area contributed by atoms with E-state index in [9.17, 15) is 13.2 Å². The van der Waals surface area contributed by atoms with Crippen LogP contribution >= 0.6 is 0 Å². The Balaban J connectivity index is 1.77. The summed E-state index contributed by atoms with van der Waals surface area (Å²) in [5.41, 5.74) is 3.32. The summed E-state index contributed by atoms with van der Waals surface area (Å²) in [4.78, 5) is 12.6. The van der Waals surface area contributed by atoms with Crippen molar-refractivity contribution < 1.29 is 13.2 Å². The zero-order valence-corrected chi connectivity index (χ0v) is 16.4. The number of nitrogens with one attached hydrogen (secondary N) is 1. The van der Waals surface area contributed by atoms with Crippen LogP contribution in [0.2, 0.25) is 0 Å². The van der Waals surface area contributed by atoms with E-state index in [0.29, 0.717) is 5.69 Å². The molecular weight excluding hydrogens is 372 g/mol. The largest absolute Gasteiger partial charge is 0.324 e. The fraction of sp³-hybridized carbons (Fsp3) is 0.136. The van der Waals surface area contributed by atoms with Crippen molar-refractivity contribution in [2.75, 3.05) is 18.1 Å². The van der Waals surface area contributed by atoms with Gasteiger partial charge in [-0.2, -0.15) is 4.31 Å². The van der Waals surface area contributed by atoms with Gasteiger partial charge in [-0.05, 0) is 17.2 Å². The number of hydrogen-bond acceptors (Lipinski definition) is 3. The van der Waals surface area contributed by atoms with Crippen LogP contribution in [-0.2, 0) is 21.4 Å². The minimum atomic E-state index is -3.54. The highest BCUT2D eigenvalue weighted by Crippen LogP contribution is 2.27. The van der Waals surface area contributed by atoms with Crippen molar-refractivity contribution in [3.05, 3.63) is 90.5 Å². The van der Waals surface area contributed by atoms with Crippen LogP contribution in [0.5, 0.6) is 0 Å². The Hall–Kier alpha value is -2.96. The quantitative estimate of drug-likeness (QED) is 0.664. The van der Waals surface area contributed by atoms with Crippen molar-refractivity contribution in [2.45, 2.75) is 6.54 Å². The van der Waals surface area contributed by atoms with E-state index in [4.69, 9.17) is 0 Å². The number of benzene rings is 3. The molecule has 0 saturated carbocycles. The maximum Gasteiger partial charge on any atom is 0.239 e. The summed E-state index contributed by atoms with van der Waals surface area (Å²) >= 11 is 0. The van der Waals surface area contributed by atoms with E-state index in [1.807, 2.05) is 84.9 Å². The van der Waals surface area contributed by atoms with Crippen LogP contribution in [0.1, 0.15) is 5.56 Å². The summed E-state index contributed by atoms with van der Waals surface area (Å²) in [6.07, 6.45) is 1.11. The molecular formula is C22H22N2O3S. The number of sulfonamides is 1. The molecule has 0 spiro atoms. The Bertz CT molecular complexity index is 1040. The van der Waals surface area contributed by atoms with Gasteiger partial charge in [0.15, 0.2) is 0 Å². The average Bonchev–Trinajstić information content (AvgIpc) is 2.69. The van der Waals surface area contributed by atoms with Gasteiger partial charge in [-0.15, -0.1) is 0 Å². The first-order valence-electron chi connectivity index (χ1n) is 8.87. The average molecular weight is 394 g/mol. The molecule has 0 aliphatic carbocycles. The second kappa shape index (κ2) is 8.82. The SMILES string of the molecule is CS(=O)(=O)N(CC(=O)Nc1ccccc1-c1ccccc1)Cc1ccccc1. The first kappa shape index (κ1) is 19.8. The topological polar surface area (TPSA) is 66.5 Å². The summed E-state index contributed by atoms with van der Waals surface area (Å²) in [5, 5.41) is 2.85. The third-order valence-corrected chi connectivity index (χ3v) is 5.47. The summed E-state index contributed by atoms with van der Waals surface area (Å²) in [6, 6.07) is 26.4. The third kappa shape index (κ3) is 5.28. The molecule has 1 N–H and O–H groups in total. The summed E-state index contributed by atoms with van der Waals surface area (Å²) < 4.78 is 25.5. The first-order chi connectivity index (χ1) is 13.4. The molecule has 0 aromatic heterocycles. The lowest BCUT2D eigenvalue weighted by atomic mass is 10.0. The molecule has 0 aliphatic heterocycles. The van der Waals surface area contributed by atoms with Crippen molar-refractivity contribution in [3.8, 4) is 11.1 Å². The van der Waals surface area contributed by atoms with E-state index < -0.39 is 10.0 Å². The molecule has 0 heterocycles. The highest BCUT2D eigenvalue weighted by molar-refractivity contribution is 7.88.